The smallest absolute Gasteiger partial charge is 0.319 e. The SMILES string of the molecule is CC[C@@H](OC(=O)CN)C1[C@@H](C2(C)CCC(OC(=O)CN)CC2)C[C@H](OC(=O)CN)[C@]2(C)[C@@H]([C@H](C)CCCO)CC[C@@H]12. The predicted molar refractivity (Wildman–Crippen MR) is 155 cm³/mol. The van der Waals surface area contributed by atoms with Crippen LogP contribution in [-0.4, -0.2) is 67.6 Å². The van der Waals surface area contributed by atoms with Gasteiger partial charge in [0.25, 0.3) is 0 Å². The summed E-state index contributed by atoms with van der Waals surface area (Å²) in [4.78, 5) is 37.2. The van der Waals surface area contributed by atoms with E-state index in [4.69, 9.17) is 31.4 Å². The second-order valence-corrected chi connectivity index (χ2v) is 13.3. The van der Waals surface area contributed by atoms with E-state index in [0.29, 0.717) is 24.7 Å². The summed E-state index contributed by atoms with van der Waals surface area (Å²) in [5.74, 6) is -0.208. The zero-order valence-corrected chi connectivity index (χ0v) is 25.6. The van der Waals surface area contributed by atoms with Crippen molar-refractivity contribution in [2.45, 2.75) is 110 Å². The van der Waals surface area contributed by atoms with Gasteiger partial charge in [0.05, 0.1) is 19.6 Å². The summed E-state index contributed by atoms with van der Waals surface area (Å²) in [6.45, 7) is 8.55. The van der Waals surface area contributed by atoms with Crippen molar-refractivity contribution in [1.82, 2.24) is 0 Å². The number of nitrogens with two attached hydrogens (primary N) is 3. The maximum atomic E-state index is 12.7. The fourth-order valence-corrected chi connectivity index (χ4v) is 9.05. The molecule has 0 heterocycles. The molecule has 0 radical (unpaired) electrons. The Morgan fingerprint density at radius 3 is 2.07 bits per heavy atom. The Morgan fingerprint density at radius 1 is 0.902 bits per heavy atom. The molecule has 0 aliphatic heterocycles. The van der Waals surface area contributed by atoms with Gasteiger partial charge in [0, 0.05) is 17.9 Å². The Labute approximate surface area is 245 Å². The van der Waals surface area contributed by atoms with E-state index in [9.17, 15) is 19.5 Å². The Bertz CT molecular complexity index is 893. The average Bonchev–Trinajstić information content (AvgIpc) is 3.33. The van der Waals surface area contributed by atoms with Crippen LogP contribution >= 0.6 is 0 Å². The van der Waals surface area contributed by atoms with Gasteiger partial charge in [-0.2, -0.15) is 0 Å². The number of carbonyl (C=O) groups excluding carboxylic acids is 3. The van der Waals surface area contributed by atoms with Crippen LogP contribution in [0.3, 0.4) is 0 Å². The van der Waals surface area contributed by atoms with Gasteiger partial charge < -0.3 is 36.5 Å². The number of hydrogen-bond acceptors (Lipinski definition) is 10. The normalized spacial score (nSPS) is 36.6. The molecule has 1 unspecified atom stereocenters. The highest BCUT2D eigenvalue weighted by molar-refractivity contribution is 5.72. The van der Waals surface area contributed by atoms with Gasteiger partial charge in [-0.15, -0.1) is 0 Å². The van der Waals surface area contributed by atoms with E-state index in [-0.39, 0.29) is 79.1 Å². The van der Waals surface area contributed by atoms with Crippen molar-refractivity contribution in [3.63, 3.8) is 0 Å². The number of aliphatic hydroxyl groups excluding tert-OH is 1. The van der Waals surface area contributed by atoms with Crippen LogP contribution in [0.2, 0.25) is 0 Å². The second-order valence-electron chi connectivity index (χ2n) is 13.3. The predicted octanol–water partition coefficient (Wildman–Crippen LogP) is 2.67. The van der Waals surface area contributed by atoms with Crippen LogP contribution in [0.1, 0.15) is 91.9 Å². The first-order valence-electron chi connectivity index (χ1n) is 15.8. The summed E-state index contributed by atoms with van der Waals surface area (Å²) in [7, 11) is 0. The highest BCUT2D eigenvalue weighted by atomic mass is 16.6. The zero-order valence-electron chi connectivity index (χ0n) is 25.6. The Balaban J connectivity index is 2.03. The molecule has 236 valence electrons. The fourth-order valence-electron chi connectivity index (χ4n) is 9.05. The van der Waals surface area contributed by atoms with Gasteiger partial charge in [0.1, 0.15) is 18.3 Å². The number of hydrogen-bond donors (Lipinski definition) is 4. The molecule has 41 heavy (non-hydrogen) atoms. The first kappa shape index (κ1) is 33.7. The van der Waals surface area contributed by atoms with Gasteiger partial charge in [-0.25, -0.2) is 0 Å². The minimum Gasteiger partial charge on any atom is -0.461 e. The summed E-state index contributed by atoms with van der Waals surface area (Å²) in [6, 6.07) is 0. The molecule has 3 fully saturated rings. The second kappa shape index (κ2) is 14.6. The van der Waals surface area contributed by atoms with E-state index in [1.54, 1.807) is 0 Å². The molecule has 0 spiro atoms. The maximum Gasteiger partial charge on any atom is 0.319 e. The third kappa shape index (κ3) is 7.25. The Morgan fingerprint density at radius 2 is 1.51 bits per heavy atom. The molecule has 7 N–H and O–H groups in total. The summed E-state index contributed by atoms with van der Waals surface area (Å²) in [5.41, 5.74) is 16.5. The molecule has 8 atom stereocenters. The first-order chi connectivity index (χ1) is 19.5. The zero-order chi connectivity index (χ0) is 30.4. The van der Waals surface area contributed by atoms with Crippen LogP contribution in [-0.2, 0) is 28.6 Å². The van der Waals surface area contributed by atoms with Crippen molar-refractivity contribution in [2.24, 2.45) is 57.6 Å². The molecule has 0 bridgehead atoms. The molecule has 10 nitrogen and oxygen atoms in total. The number of rotatable bonds is 13. The maximum absolute atomic E-state index is 12.7. The summed E-state index contributed by atoms with van der Waals surface area (Å²) < 4.78 is 17.9. The molecule has 3 saturated carbocycles. The standard InChI is InChI=1S/C31H55N3O7/c1-5-24(40-27(37)17-33)29-22-9-8-21(19(2)7-6-14-35)31(22,4)25(41-28(38)18-34)15-23(29)30(3)12-10-20(11-13-30)39-26(36)16-32/h19-25,29,35H,5-18,32-34H2,1-4H3/t19-,20?,21-,22+,23+,24-,25+,29?,30?,31-/m1/s1. The number of carbonyl (C=O) groups is 3. The topological polar surface area (TPSA) is 177 Å². The van der Waals surface area contributed by atoms with Crippen molar-refractivity contribution >= 4 is 17.9 Å². The molecule has 0 saturated heterocycles. The number of aliphatic hydroxyl groups is 1. The van der Waals surface area contributed by atoms with E-state index in [2.05, 4.69) is 27.7 Å². The minimum absolute atomic E-state index is 0.0662. The third-order valence-electron chi connectivity index (χ3n) is 11.1. The van der Waals surface area contributed by atoms with Gasteiger partial charge in [-0.3, -0.25) is 14.4 Å². The highest BCUT2D eigenvalue weighted by Crippen LogP contribution is 2.66. The van der Waals surface area contributed by atoms with Crippen molar-refractivity contribution < 1.29 is 33.7 Å². The van der Waals surface area contributed by atoms with Crippen LogP contribution in [0.4, 0.5) is 0 Å². The number of fused-ring (bicyclic) bond motifs is 1. The fraction of sp³-hybridized carbons (Fsp3) is 0.903. The lowest BCUT2D eigenvalue weighted by molar-refractivity contribution is -0.198. The Hall–Kier alpha value is -1.75. The van der Waals surface area contributed by atoms with Gasteiger partial charge in [0.15, 0.2) is 0 Å². The van der Waals surface area contributed by atoms with Crippen molar-refractivity contribution in [2.75, 3.05) is 26.2 Å². The van der Waals surface area contributed by atoms with E-state index < -0.39 is 11.9 Å². The molecule has 3 aliphatic carbocycles. The van der Waals surface area contributed by atoms with Gasteiger partial charge in [-0.1, -0.05) is 27.7 Å². The van der Waals surface area contributed by atoms with Crippen molar-refractivity contribution in [1.29, 1.82) is 0 Å². The highest BCUT2D eigenvalue weighted by Gasteiger charge is 2.64. The molecular formula is C31H55N3O7. The summed E-state index contributed by atoms with van der Waals surface area (Å²) in [6.07, 6.45) is 7.28. The minimum atomic E-state index is -0.401. The molecular weight excluding hydrogens is 526 g/mol. The van der Waals surface area contributed by atoms with Gasteiger partial charge in [-0.05, 0) is 93.3 Å². The quantitative estimate of drug-likeness (QED) is 0.187. The largest absolute Gasteiger partial charge is 0.461 e. The van der Waals surface area contributed by atoms with Gasteiger partial charge in [0.2, 0.25) is 0 Å². The van der Waals surface area contributed by atoms with E-state index in [1.807, 2.05) is 0 Å². The molecule has 0 aromatic carbocycles. The number of esters is 3. The average molecular weight is 582 g/mol. The lowest BCUT2D eigenvalue weighted by Gasteiger charge is -2.59. The third-order valence-corrected chi connectivity index (χ3v) is 11.1. The van der Waals surface area contributed by atoms with E-state index >= 15 is 0 Å². The van der Waals surface area contributed by atoms with Crippen LogP contribution in [0, 0.1) is 40.4 Å². The molecule has 3 rings (SSSR count). The monoisotopic (exact) mass is 581 g/mol. The van der Waals surface area contributed by atoms with Gasteiger partial charge >= 0.3 is 17.9 Å². The lowest BCUT2D eigenvalue weighted by atomic mass is 9.48. The van der Waals surface area contributed by atoms with Crippen LogP contribution in [0.25, 0.3) is 0 Å². The molecule has 3 aliphatic rings. The molecule has 10 heteroatoms. The first-order valence-corrected chi connectivity index (χ1v) is 15.8. The summed E-state index contributed by atoms with van der Waals surface area (Å²) in [5, 5.41) is 9.52. The molecule has 0 aromatic heterocycles. The van der Waals surface area contributed by atoms with Crippen LogP contribution in [0.15, 0.2) is 0 Å². The van der Waals surface area contributed by atoms with Crippen molar-refractivity contribution in [3.05, 3.63) is 0 Å². The molecule has 0 amide bonds. The summed E-state index contributed by atoms with van der Waals surface area (Å²) >= 11 is 0. The van der Waals surface area contributed by atoms with Crippen LogP contribution in [0.5, 0.6) is 0 Å². The van der Waals surface area contributed by atoms with Crippen molar-refractivity contribution in [3.8, 4) is 0 Å². The van der Waals surface area contributed by atoms with E-state index in [1.165, 1.54) is 0 Å². The molecule has 0 aromatic rings. The van der Waals surface area contributed by atoms with Crippen LogP contribution < -0.4 is 17.2 Å². The van der Waals surface area contributed by atoms with E-state index in [0.717, 1.165) is 51.4 Å². The Kier molecular flexibility index (Phi) is 12.0. The lowest BCUT2D eigenvalue weighted by Crippen LogP contribution is -2.59. The number of ether oxygens (including phenoxy) is 3.